The predicted octanol–water partition coefficient (Wildman–Crippen LogP) is 6.43. The largest absolute Gasteiger partial charge is 0.420 e. The van der Waals surface area contributed by atoms with E-state index in [1.165, 1.54) is 28.5 Å². The lowest BCUT2D eigenvalue weighted by Gasteiger charge is -2.30. The normalized spacial score (nSPS) is 22.5. The molecule has 3 aromatic rings. The Balaban J connectivity index is 1.14. The monoisotopic (exact) mass is 613 g/mol. The highest BCUT2D eigenvalue weighted by Gasteiger charge is 2.56. The molecule has 206 valence electrons. The average Bonchev–Trinajstić information content (AvgIpc) is 3.22. The van der Waals surface area contributed by atoms with Crippen LogP contribution in [-0.2, 0) is 17.7 Å². The Bertz CT molecular complexity index is 1300. The number of benzene rings is 2. The van der Waals surface area contributed by atoms with E-state index in [1.54, 1.807) is 11.0 Å². The Kier molecular flexibility index (Phi) is 7.93. The minimum Gasteiger partial charge on any atom is -0.398 e. The van der Waals surface area contributed by atoms with Gasteiger partial charge in [0.15, 0.2) is 0 Å². The fraction of sp³-hybridized carbons (Fsp3) is 0.433. The van der Waals surface area contributed by atoms with Gasteiger partial charge in [0.1, 0.15) is 5.82 Å². The number of carbonyl (C=O) groups is 1. The van der Waals surface area contributed by atoms with Crippen molar-refractivity contribution in [2.45, 2.75) is 19.9 Å². The fourth-order valence-electron chi connectivity index (χ4n) is 5.98. The van der Waals surface area contributed by atoms with E-state index < -0.39 is 6.09 Å². The number of rotatable bonds is 8. The Hall–Kier alpha value is -2.46. The number of likely N-dealkylation sites (tertiary alicyclic amines) is 1. The van der Waals surface area contributed by atoms with Crippen molar-refractivity contribution in [1.82, 2.24) is 4.90 Å². The number of halogens is 2. The molecule has 2 aliphatic heterocycles. The summed E-state index contributed by atoms with van der Waals surface area (Å²) >= 11 is 4.80. The highest BCUT2D eigenvalue weighted by molar-refractivity contribution is 9.10. The van der Waals surface area contributed by atoms with Crippen LogP contribution in [0.2, 0.25) is 0 Å². The summed E-state index contributed by atoms with van der Waals surface area (Å²) in [5.41, 5.74) is 3.77. The highest BCUT2D eigenvalue weighted by Crippen LogP contribution is 2.52. The van der Waals surface area contributed by atoms with E-state index in [0.29, 0.717) is 67.0 Å². The number of hydrogen-bond donors (Lipinski definition) is 0. The first-order valence-corrected chi connectivity index (χ1v) is 15.3. The second-order valence-electron chi connectivity index (χ2n) is 10.6. The molecule has 3 aliphatic rings. The van der Waals surface area contributed by atoms with E-state index in [-0.39, 0.29) is 5.82 Å². The van der Waals surface area contributed by atoms with Crippen molar-refractivity contribution in [3.8, 4) is 5.06 Å². The topological polar surface area (TPSA) is 45.2 Å². The van der Waals surface area contributed by atoms with Crippen molar-refractivity contribution >= 4 is 44.7 Å². The third-order valence-electron chi connectivity index (χ3n) is 8.26. The molecule has 9 heteroatoms. The number of nitrogens with zero attached hydrogens (tertiary/aromatic N) is 3. The first kappa shape index (κ1) is 26.7. The van der Waals surface area contributed by atoms with Gasteiger partial charge in [0, 0.05) is 39.3 Å². The lowest BCUT2D eigenvalue weighted by atomic mass is 10.1. The molecule has 6 nitrogen and oxygen atoms in total. The van der Waals surface area contributed by atoms with Crippen LogP contribution < -0.4 is 14.5 Å². The number of carbonyl (C=O) groups excluding carboxylic acids is 1. The first-order chi connectivity index (χ1) is 19.0. The van der Waals surface area contributed by atoms with Gasteiger partial charge in [-0.3, -0.25) is 9.80 Å². The lowest BCUT2D eigenvalue weighted by molar-refractivity contribution is 0.122. The van der Waals surface area contributed by atoms with Crippen LogP contribution in [0.25, 0.3) is 0 Å². The Morgan fingerprint density at radius 2 is 1.82 bits per heavy atom. The maximum atomic E-state index is 15.3. The molecular formula is C30H33BrFN3O3S. The van der Waals surface area contributed by atoms with Crippen molar-refractivity contribution < 1.29 is 18.7 Å². The van der Waals surface area contributed by atoms with Crippen LogP contribution in [-0.4, -0.2) is 56.9 Å². The van der Waals surface area contributed by atoms with Gasteiger partial charge in [-0.15, -0.1) is 11.3 Å². The van der Waals surface area contributed by atoms with Gasteiger partial charge >= 0.3 is 6.09 Å². The zero-order valence-electron chi connectivity index (χ0n) is 22.0. The first-order valence-electron chi connectivity index (χ1n) is 13.6. The predicted molar refractivity (Wildman–Crippen MR) is 156 cm³/mol. The average molecular weight is 615 g/mol. The summed E-state index contributed by atoms with van der Waals surface area (Å²) in [7, 11) is 0. The molecule has 39 heavy (non-hydrogen) atoms. The van der Waals surface area contributed by atoms with E-state index in [9.17, 15) is 4.79 Å². The summed E-state index contributed by atoms with van der Waals surface area (Å²) in [5, 5.41) is 2.37. The van der Waals surface area contributed by atoms with E-state index in [0.717, 1.165) is 30.5 Å². The number of morpholine rings is 1. The molecular weight excluding hydrogens is 581 g/mol. The van der Waals surface area contributed by atoms with E-state index in [4.69, 9.17) is 9.47 Å². The number of hydrogen-bond acceptors (Lipinski definition) is 6. The SMILES string of the molecule is CCc1ccc(CN2CC3C(C2)C3CN(C(=O)Oc2sccc2Br)c2ccc(N3CCOCC3)c(F)c2)cc1. The third kappa shape index (κ3) is 5.87. The van der Waals surface area contributed by atoms with Gasteiger partial charge in [0.05, 0.1) is 29.1 Å². The number of aryl methyl sites for hydroxylation is 1. The summed E-state index contributed by atoms with van der Waals surface area (Å²) in [6.45, 7) is 8.17. The summed E-state index contributed by atoms with van der Waals surface area (Å²) < 4.78 is 27.2. The van der Waals surface area contributed by atoms with Gasteiger partial charge in [0.2, 0.25) is 5.06 Å². The molecule has 6 rings (SSSR count). The lowest BCUT2D eigenvalue weighted by Crippen LogP contribution is -2.38. The van der Waals surface area contributed by atoms with E-state index in [1.807, 2.05) is 22.4 Å². The molecule has 1 aliphatic carbocycles. The molecule has 3 fully saturated rings. The smallest absolute Gasteiger partial charge is 0.398 e. The molecule has 2 aromatic carbocycles. The zero-order valence-corrected chi connectivity index (χ0v) is 24.4. The summed E-state index contributed by atoms with van der Waals surface area (Å²) in [4.78, 5) is 19.6. The molecule has 3 heterocycles. The number of fused-ring (bicyclic) bond motifs is 1. The van der Waals surface area contributed by atoms with Gasteiger partial charge in [-0.25, -0.2) is 9.18 Å². The van der Waals surface area contributed by atoms with Crippen LogP contribution in [0.5, 0.6) is 5.06 Å². The van der Waals surface area contributed by atoms with Crippen molar-refractivity contribution in [3.63, 3.8) is 0 Å². The molecule has 0 spiro atoms. The maximum absolute atomic E-state index is 15.3. The molecule has 1 saturated carbocycles. The quantitative estimate of drug-likeness (QED) is 0.293. The maximum Gasteiger partial charge on any atom is 0.420 e. The zero-order chi connectivity index (χ0) is 26.9. The van der Waals surface area contributed by atoms with Crippen molar-refractivity contribution in [1.29, 1.82) is 0 Å². The molecule has 2 atom stereocenters. The third-order valence-corrected chi connectivity index (χ3v) is 9.93. The number of thiophene rings is 1. The van der Waals surface area contributed by atoms with Gasteiger partial charge in [-0.2, -0.15) is 0 Å². The molecule has 2 unspecified atom stereocenters. The fourth-order valence-corrected chi connectivity index (χ4v) is 7.28. The minimum absolute atomic E-state index is 0.333. The summed E-state index contributed by atoms with van der Waals surface area (Å²) in [6, 6.07) is 15.8. The van der Waals surface area contributed by atoms with Crippen molar-refractivity contribution in [2.24, 2.45) is 17.8 Å². The van der Waals surface area contributed by atoms with Crippen LogP contribution in [0.3, 0.4) is 0 Å². The number of anilines is 2. The van der Waals surface area contributed by atoms with Gasteiger partial charge < -0.3 is 14.4 Å². The van der Waals surface area contributed by atoms with Crippen LogP contribution in [0.15, 0.2) is 58.4 Å². The number of ether oxygens (including phenoxy) is 2. The van der Waals surface area contributed by atoms with E-state index >= 15 is 4.39 Å². The van der Waals surface area contributed by atoms with E-state index in [2.05, 4.69) is 52.0 Å². The number of piperidine rings is 1. The molecule has 2 saturated heterocycles. The molecule has 0 radical (unpaired) electrons. The Morgan fingerprint density at radius 3 is 2.46 bits per heavy atom. The summed E-state index contributed by atoms with van der Waals surface area (Å²) in [5.74, 6) is 1.13. The van der Waals surface area contributed by atoms with Crippen molar-refractivity contribution in [2.75, 3.05) is 55.7 Å². The minimum atomic E-state index is -0.477. The van der Waals surface area contributed by atoms with Crippen molar-refractivity contribution in [3.05, 3.63) is 75.3 Å². The summed E-state index contributed by atoms with van der Waals surface area (Å²) in [6.07, 6.45) is 0.576. The van der Waals surface area contributed by atoms with Crippen LogP contribution in [0.4, 0.5) is 20.6 Å². The second-order valence-corrected chi connectivity index (χ2v) is 12.4. The molecule has 1 amide bonds. The number of amides is 1. The Labute approximate surface area is 241 Å². The van der Waals surface area contributed by atoms with Crippen LogP contribution in [0, 0.1) is 23.6 Å². The molecule has 0 N–H and O–H groups in total. The Morgan fingerprint density at radius 1 is 1.10 bits per heavy atom. The van der Waals surface area contributed by atoms with Crippen LogP contribution >= 0.6 is 27.3 Å². The van der Waals surface area contributed by atoms with Gasteiger partial charge in [-0.05, 0) is 80.9 Å². The highest BCUT2D eigenvalue weighted by atomic mass is 79.9. The van der Waals surface area contributed by atoms with Gasteiger partial charge in [-0.1, -0.05) is 31.2 Å². The standard InChI is InChI=1S/C30H33BrFN3O3S/c1-2-20-3-5-21(6-4-20)16-33-17-23-24(18-33)25(23)19-35(30(36)38-29-26(31)9-14-39-29)22-7-8-28(27(32)15-22)34-10-12-37-13-11-34/h3-9,14-15,23-25H,2,10-13,16-19H2,1H3. The van der Waals surface area contributed by atoms with Crippen LogP contribution in [0.1, 0.15) is 18.1 Å². The second kappa shape index (κ2) is 11.6. The van der Waals surface area contributed by atoms with Gasteiger partial charge in [0.25, 0.3) is 0 Å². The molecule has 0 bridgehead atoms. The molecule has 1 aromatic heterocycles.